The number of fused-ring (bicyclic) bond motifs is 3. The third-order valence-electron chi connectivity index (χ3n) is 7.64. The Kier molecular flexibility index (Phi) is 6.24. The van der Waals surface area contributed by atoms with Crippen LogP contribution in [-0.4, -0.2) is 42.3 Å². The Bertz CT molecular complexity index is 1200. The second kappa shape index (κ2) is 9.34. The average molecular weight is 471 g/mol. The minimum Gasteiger partial charge on any atom is -0.410 e. The minimum absolute atomic E-state index is 0.00908. The van der Waals surface area contributed by atoms with Crippen molar-refractivity contribution in [2.75, 3.05) is 30.4 Å². The van der Waals surface area contributed by atoms with Crippen molar-refractivity contribution in [1.29, 1.82) is 0 Å². The van der Waals surface area contributed by atoms with Crippen LogP contribution in [0.2, 0.25) is 0 Å². The van der Waals surface area contributed by atoms with E-state index >= 15 is 0 Å². The molecule has 35 heavy (non-hydrogen) atoms. The number of benzene rings is 2. The maximum Gasteiger partial charge on any atom is 0.417 e. The number of likely N-dealkylation sites (N-methyl/N-ethyl adjacent to an activating group) is 1. The lowest BCUT2D eigenvalue weighted by Gasteiger charge is -2.34. The summed E-state index contributed by atoms with van der Waals surface area (Å²) in [5.41, 5.74) is 5.73. The standard InChI is InChI=1S/C29H34N4O2/c1-20(2)22-5-7-23(8-6-22)31-28(34)35-24-9-10-26-25(19-24)29(3)14-18-33(27(29)32(26)4)17-13-21-11-15-30-16-12-21/h5-12,15-16,19-20,27H,13-14,17-18H2,1-4H3,(H,31,34)/t27?,29-/m0/s1. The Balaban J connectivity index is 1.27. The molecule has 2 aliphatic heterocycles. The molecule has 1 amide bonds. The molecule has 6 heteroatoms. The summed E-state index contributed by atoms with van der Waals surface area (Å²) in [6, 6.07) is 18.1. The number of carbonyl (C=O) groups excluding carboxylic acids is 1. The van der Waals surface area contributed by atoms with Crippen LogP contribution < -0.4 is 15.0 Å². The Morgan fingerprint density at radius 1 is 1.14 bits per heavy atom. The number of ether oxygens (including phenoxy) is 1. The number of pyridine rings is 1. The highest BCUT2D eigenvalue weighted by molar-refractivity contribution is 5.86. The van der Waals surface area contributed by atoms with Gasteiger partial charge in [0.1, 0.15) is 5.75 Å². The Hall–Kier alpha value is -3.38. The number of aromatic nitrogens is 1. The summed E-state index contributed by atoms with van der Waals surface area (Å²) in [6.07, 6.45) is 5.62. The molecule has 1 unspecified atom stereocenters. The molecule has 182 valence electrons. The van der Waals surface area contributed by atoms with Gasteiger partial charge in [0.2, 0.25) is 0 Å². The summed E-state index contributed by atoms with van der Waals surface area (Å²) >= 11 is 0. The highest BCUT2D eigenvalue weighted by Gasteiger charge is 2.53. The summed E-state index contributed by atoms with van der Waals surface area (Å²) < 4.78 is 5.69. The first kappa shape index (κ1) is 23.4. The molecule has 2 atom stereocenters. The summed E-state index contributed by atoms with van der Waals surface area (Å²) in [6.45, 7) is 8.69. The van der Waals surface area contributed by atoms with E-state index in [2.05, 4.69) is 72.2 Å². The molecule has 0 aliphatic carbocycles. The molecule has 3 aromatic rings. The largest absolute Gasteiger partial charge is 0.417 e. The van der Waals surface area contributed by atoms with E-state index in [0.717, 1.165) is 31.6 Å². The van der Waals surface area contributed by atoms with Crippen molar-refractivity contribution in [2.24, 2.45) is 0 Å². The zero-order valence-electron chi connectivity index (χ0n) is 21.0. The molecule has 2 aromatic carbocycles. The molecule has 1 saturated heterocycles. The van der Waals surface area contributed by atoms with Crippen LogP contribution in [0, 0.1) is 0 Å². The van der Waals surface area contributed by atoms with Crippen LogP contribution in [0.15, 0.2) is 67.0 Å². The number of amides is 1. The van der Waals surface area contributed by atoms with Crippen molar-refractivity contribution in [3.8, 4) is 5.75 Å². The monoisotopic (exact) mass is 470 g/mol. The van der Waals surface area contributed by atoms with Gasteiger partial charge >= 0.3 is 6.09 Å². The van der Waals surface area contributed by atoms with E-state index in [-0.39, 0.29) is 5.41 Å². The van der Waals surface area contributed by atoms with Crippen molar-refractivity contribution in [2.45, 2.75) is 51.1 Å². The first-order chi connectivity index (χ1) is 16.8. The minimum atomic E-state index is -0.472. The molecule has 1 N–H and O–H groups in total. The highest BCUT2D eigenvalue weighted by atomic mass is 16.6. The fraction of sp³-hybridized carbons (Fsp3) is 0.379. The van der Waals surface area contributed by atoms with Gasteiger partial charge in [0.25, 0.3) is 0 Å². The van der Waals surface area contributed by atoms with E-state index in [1.165, 1.54) is 22.4 Å². The van der Waals surface area contributed by atoms with Gasteiger partial charge in [-0.1, -0.05) is 32.9 Å². The van der Waals surface area contributed by atoms with Crippen LogP contribution in [0.3, 0.4) is 0 Å². The Labute approximate surface area is 207 Å². The molecule has 0 bridgehead atoms. The van der Waals surface area contributed by atoms with Crippen LogP contribution in [0.5, 0.6) is 5.75 Å². The predicted octanol–water partition coefficient (Wildman–Crippen LogP) is 5.80. The average Bonchev–Trinajstić information content (AvgIpc) is 3.30. The molecule has 6 nitrogen and oxygen atoms in total. The van der Waals surface area contributed by atoms with E-state index in [1.54, 1.807) is 0 Å². The van der Waals surface area contributed by atoms with Gasteiger partial charge in [0, 0.05) is 49.3 Å². The van der Waals surface area contributed by atoms with Crippen LogP contribution in [-0.2, 0) is 11.8 Å². The van der Waals surface area contributed by atoms with Gasteiger partial charge in [-0.15, -0.1) is 0 Å². The van der Waals surface area contributed by atoms with Gasteiger partial charge < -0.3 is 9.64 Å². The number of likely N-dealkylation sites (tertiary alicyclic amines) is 1. The lowest BCUT2D eigenvalue weighted by Crippen LogP contribution is -2.47. The quantitative estimate of drug-likeness (QED) is 0.494. The number of rotatable bonds is 6. The summed E-state index contributed by atoms with van der Waals surface area (Å²) in [4.78, 5) is 21.7. The highest BCUT2D eigenvalue weighted by Crippen LogP contribution is 2.52. The third kappa shape index (κ3) is 4.50. The molecule has 0 saturated carbocycles. The summed E-state index contributed by atoms with van der Waals surface area (Å²) in [5, 5.41) is 2.84. The maximum atomic E-state index is 12.6. The molecule has 1 fully saturated rings. The van der Waals surface area contributed by atoms with Crippen LogP contribution in [0.1, 0.15) is 49.8 Å². The molecule has 3 heterocycles. The smallest absolute Gasteiger partial charge is 0.410 e. The summed E-state index contributed by atoms with van der Waals surface area (Å²) in [5.74, 6) is 1.03. The number of nitrogens with one attached hydrogen (secondary N) is 1. The molecule has 2 aliphatic rings. The molecule has 1 aromatic heterocycles. The SMILES string of the molecule is CC(C)c1ccc(NC(=O)Oc2ccc3c(c2)[C@]2(C)CCN(CCc4ccncc4)C2N3C)cc1. The molecular weight excluding hydrogens is 436 g/mol. The first-order valence-electron chi connectivity index (χ1n) is 12.4. The van der Waals surface area contributed by atoms with Gasteiger partial charge in [-0.3, -0.25) is 15.2 Å². The van der Waals surface area contributed by atoms with Gasteiger partial charge in [0.05, 0.1) is 6.17 Å². The van der Waals surface area contributed by atoms with Gasteiger partial charge in [-0.2, -0.15) is 0 Å². The Morgan fingerprint density at radius 2 is 1.89 bits per heavy atom. The molecular formula is C29H34N4O2. The zero-order chi connectivity index (χ0) is 24.6. The Morgan fingerprint density at radius 3 is 2.60 bits per heavy atom. The van der Waals surface area contributed by atoms with Crippen molar-refractivity contribution < 1.29 is 9.53 Å². The lowest BCUT2D eigenvalue weighted by atomic mass is 9.81. The summed E-state index contributed by atoms with van der Waals surface area (Å²) in [7, 11) is 2.17. The van der Waals surface area contributed by atoms with E-state index in [0.29, 0.717) is 17.8 Å². The number of hydrogen-bond donors (Lipinski definition) is 1. The van der Waals surface area contributed by atoms with Gasteiger partial charge in [0.15, 0.2) is 0 Å². The van der Waals surface area contributed by atoms with Crippen LogP contribution in [0.25, 0.3) is 0 Å². The van der Waals surface area contributed by atoms with Gasteiger partial charge in [-0.25, -0.2) is 4.79 Å². The zero-order valence-corrected chi connectivity index (χ0v) is 21.0. The predicted molar refractivity (Wildman–Crippen MR) is 140 cm³/mol. The van der Waals surface area contributed by atoms with E-state index in [4.69, 9.17) is 4.74 Å². The van der Waals surface area contributed by atoms with E-state index in [1.807, 2.05) is 42.7 Å². The lowest BCUT2D eigenvalue weighted by molar-refractivity contribution is 0.215. The second-order valence-corrected chi connectivity index (χ2v) is 10.3. The third-order valence-corrected chi connectivity index (χ3v) is 7.64. The van der Waals surface area contributed by atoms with E-state index < -0.39 is 6.09 Å². The van der Waals surface area contributed by atoms with Gasteiger partial charge in [-0.05, 0) is 77.9 Å². The molecule has 5 rings (SSSR count). The number of hydrogen-bond acceptors (Lipinski definition) is 5. The number of nitrogens with zero attached hydrogens (tertiary/aromatic N) is 3. The number of carbonyl (C=O) groups is 1. The first-order valence-corrected chi connectivity index (χ1v) is 12.4. The van der Waals surface area contributed by atoms with Crippen molar-refractivity contribution in [3.63, 3.8) is 0 Å². The van der Waals surface area contributed by atoms with Crippen LogP contribution in [0.4, 0.5) is 16.2 Å². The van der Waals surface area contributed by atoms with Crippen molar-refractivity contribution >= 4 is 17.5 Å². The molecule has 0 spiro atoms. The fourth-order valence-corrected chi connectivity index (χ4v) is 5.71. The van der Waals surface area contributed by atoms with E-state index in [9.17, 15) is 4.79 Å². The fourth-order valence-electron chi connectivity index (χ4n) is 5.71. The second-order valence-electron chi connectivity index (χ2n) is 10.3. The number of anilines is 2. The normalized spacial score (nSPS) is 21.2. The topological polar surface area (TPSA) is 57.7 Å². The maximum absolute atomic E-state index is 12.6. The van der Waals surface area contributed by atoms with Crippen molar-refractivity contribution in [1.82, 2.24) is 9.88 Å². The van der Waals surface area contributed by atoms with Crippen LogP contribution >= 0.6 is 0 Å². The molecule has 0 radical (unpaired) electrons. The van der Waals surface area contributed by atoms with Crippen molar-refractivity contribution in [3.05, 3.63) is 83.7 Å².